The number of rotatable bonds is 2. The highest BCUT2D eigenvalue weighted by Gasteiger charge is 2.33. The first-order chi connectivity index (χ1) is 12.4. The maximum Gasteiger partial charge on any atom is 0.414 e. The molecule has 1 aliphatic rings. The van der Waals surface area contributed by atoms with Gasteiger partial charge in [-0.3, -0.25) is 0 Å². The van der Waals surface area contributed by atoms with Crippen molar-refractivity contribution in [2.24, 2.45) is 0 Å². The lowest BCUT2D eigenvalue weighted by molar-refractivity contribution is 0.0472. The SMILES string of the molecule is O=C(N[C@H]1CCC[C@@](O)(C#Cc2cccc(Cl)c2)C1)Oc1ccc(Cl)[nH]1. The highest BCUT2D eigenvalue weighted by molar-refractivity contribution is 6.30. The van der Waals surface area contributed by atoms with Crippen molar-refractivity contribution < 1.29 is 14.6 Å². The summed E-state index contributed by atoms with van der Waals surface area (Å²) in [7, 11) is 0. The van der Waals surface area contributed by atoms with Gasteiger partial charge in [-0.25, -0.2) is 4.79 Å². The second kappa shape index (κ2) is 8.05. The summed E-state index contributed by atoms with van der Waals surface area (Å²) in [6.07, 6.45) is 1.80. The van der Waals surface area contributed by atoms with Crippen molar-refractivity contribution in [3.8, 4) is 17.7 Å². The fourth-order valence-corrected chi connectivity index (χ4v) is 3.30. The Kier molecular flexibility index (Phi) is 5.77. The van der Waals surface area contributed by atoms with Gasteiger partial charge in [0, 0.05) is 29.1 Å². The van der Waals surface area contributed by atoms with Gasteiger partial charge >= 0.3 is 6.09 Å². The molecule has 1 aliphatic carbocycles. The number of ether oxygens (including phenoxy) is 1. The van der Waals surface area contributed by atoms with Crippen LogP contribution in [-0.2, 0) is 0 Å². The predicted molar refractivity (Wildman–Crippen MR) is 100 cm³/mol. The van der Waals surface area contributed by atoms with Crippen LogP contribution in [-0.4, -0.2) is 27.8 Å². The third-order valence-electron chi connectivity index (χ3n) is 4.14. The number of nitrogens with one attached hydrogen (secondary N) is 2. The van der Waals surface area contributed by atoms with Crippen LogP contribution in [0.1, 0.15) is 31.2 Å². The number of benzene rings is 1. The standard InChI is InChI=1S/C19H18Cl2N2O3/c20-14-4-1-3-13(11-14)8-10-19(25)9-2-5-15(12-19)22-18(24)26-17-7-6-16(21)23-17/h1,3-4,6-7,11,15,23,25H,2,5,9,12H2,(H,22,24)/t15-,19+/m0/s1. The zero-order chi connectivity index (χ0) is 18.6. The van der Waals surface area contributed by atoms with E-state index in [2.05, 4.69) is 22.1 Å². The van der Waals surface area contributed by atoms with Crippen molar-refractivity contribution in [2.45, 2.75) is 37.3 Å². The Morgan fingerprint density at radius 3 is 2.92 bits per heavy atom. The lowest BCUT2D eigenvalue weighted by Crippen LogP contribution is -2.46. The van der Waals surface area contributed by atoms with Gasteiger partial charge in [-0.1, -0.05) is 41.1 Å². The smallest absolute Gasteiger partial charge is 0.393 e. The summed E-state index contributed by atoms with van der Waals surface area (Å²) in [5, 5.41) is 14.5. The molecule has 26 heavy (non-hydrogen) atoms. The van der Waals surface area contributed by atoms with E-state index in [4.69, 9.17) is 27.9 Å². The number of halogens is 2. The Morgan fingerprint density at radius 2 is 2.19 bits per heavy atom. The molecule has 0 aliphatic heterocycles. The quantitative estimate of drug-likeness (QED) is 0.672. The Labute approximate surface area is 161 Å². The largest absolute Gasteiger partial charge is 0.414 e. The number of aliphatic hydroxyl groups is 1. The van der Waals surface area contributed by atoms with E-state index in [1.165, 1.54) is 0 Å². The molecular formula is C19H18Cl2N2O3. The summed E-state index contributed by atoms with van der Waals surface area (Å²) in [5.74, 6) is 6.16. The predicted octanol–water partition coefficient (Wildman–Crippen LogP) is 4.14. The Morgan fingerprint density at radius 1 is 1.35 bits per heavy atom. The number of hydrogen-bond donors (Lipinski definition) is 3. The van der Waals surface area contributed by atoms with Gasteiger partial charge in [0.05, 0.1) is 0 Å². The Hall–Kier alpha value is -2.13. The minimum atomic E-state index is -1.16. The second-order valence-corrected chi connectivity index (χ2v) is 7.13. The maximum absolute atomic E-state index is 12.0. The molecule has 1 aromatic heterocycles. The van der Waals surface area contributed by atoms with Crippen molar-refractivity contribution >= 4 is 29.3 Å². The first kappa shape index (κ1) is 18.7. The normalized spacial score (nSPS) is 22.2. The topological polar surface area (TPSA) is 74.3 Å². The summed E-state index contributed by atoms with van der Waals surface area (Å²) in [6.45, 7) is 0. The van der Waals surface area contributed by atoms with Gasteiger partial charge in [0.25, 0.3) is 0 Å². The monoisotopic (exact) mass is 392 g/mol. The molecule has 1 saturated carbocycles. The number of hydrogen-bond acceptors (Lipinski definition) is 3. The van der Waals surface area contributed by atoms with Crippen molar-refractivity contribution in [3.05, 3.63) is 52.1 Å². The lowest BCUT2D eigenvalue weighted by atomic mass is 9.82. The van der Waals surface area contributed by atoms with Gasteiger partial charge in [-0.15, -0.1) is 0 Å². The average Bonchev–Trinajstić information content (AvgIpc) is 2.98. The summed E-state index contributed by atoms with van der Waals surface area (Å²) in [5.41, 5.74) is -0.419. The third kappa shape index (κ3) is 5.18. The second-order valence-electron chi connectivity index (χ2n) is 6.29. The van der Waals surface area contributed by atoms with Crippen molar-refractivity contribution in [3.63, 3.8) is 0 Å². The third-order valence-corrected chi connectivity index (χ3v) is 4.60. The summed E-state index contributed by atoms with van der Waals surface area (Å²) in [4.78, 5) is 14.7. The molecular weight excluding hydrogens is 375 g/mol. The molecule has 5 nitrogen and oxygen atoms in total. The van der Waals surface area contributed by atoms with E-state index in [1.54, 1.807) is 24.3 Å². The fraction of sp³-hybridized carbons (Fsp3) is 0.316. The van der Waals surface area contributed by atoms with E-state index in [-0.39, 0.29) is 11.9 Å². The number of aromatic nitrogens is 1. The van der Waals surface area contributed by atoms with Crippen LogP contribution in [0, 0.1) is 11.8 Å². The van der Waals surface area contributed by atoms with Crippen molar-refractivity contribution in [2.75, 3.05) is 0 Å². The number of carbonyl (C=O) groups excluding carboxylic acids is 1. The van der Waals surface area contributed by atoms with Crippen LogP contribution in [0.15, 0.2) is 36.4 Å². The van der Waals surface area contributed by atoms with Gasteiger partial charge in [-0.2, -0.15) is 0 Å². The first-order valence-corrected chi connectivity index (χ1v) is 9.01. The average molecular weight is 393 g/mol. The number of aromatic amines is 1. The van der Waals surface area contributed by atoms with E-state index in [9.17, 15) is 9.90 Å². The van der Waals surface area contributed by atoms with E-state index in [1.807, 2.05) is 12.1 Å². The Balaban J connectivity index is 1.60. The molecule has 0 saturated heterocycles. The molecule has 3 rings (SSSR count). The lowest BCUT2D eigenvalue weighted by Gasteiger charge is -2.33. The van der Waals surface area contributed by atoms with Gasteiger partial charge < -0.3 is 20.1 Å². The summed E-state index contributed by atoms with van der Waals surface area (Å²) >= 11 is 11.7. The molecule has 1 heterocycles. The highest BCUT2D eigenvalue weighted by Crippen LogP contribution is 2.28. The molecule has 136 valence electrons. The van der Waals surface area contributed by atoms with Crippen LogP contribution >= 0.6 is 23.2 Å². The molecule has 7 heteroatoms. The Bertz CT molecular complexity index is 856. The number of H-pyrrole nitrogens is 1. The fourth-order valence-electron chi connectivity index (χ4n) is 2.95. The summed E-state index contributed by atoms with van der Waals surface area (Å²) < 4.78 is 5.13. The molecule has 0 radical (unpaired) electrons. The molecule has 0 bridgehead atoms. The molecule has 0 unspecified atom stereocenters. The van der Waals surface area contributed by atoms with Gasteiger partial charge in [0.15, 0.2) is 0 Å². The van der Waals surface area contributed by atoms with Gasteiger partial charge in [0.2, 0.25) is 5.88 Å². The minimum absolute atomic E-state index is 0.222. The molecule has 2 aromatic rings. The first-order valence-electron chi connectivity index (χ1n) is 8.26. The van der Waals surface area contributed by atoms with E-state index in [0.717, 1.165) is 18.4 Å². The molecule has 2 atom stereocenters. The highest BCUT2D eigenvalue weighted by atomic mass is 35.5. The zero-order valence-electron chi connectivity index (χ0n) is 13.9. The molecule has 3 N–H and O–H groups in total. The zero-order valence-corrected chi connectivity index (χ0v) is 15.4. The van der Waals surface area contributed by atoms with Crippen LogP contribution in [0.3, 0.4) is 0 Å². The maximum atomic E-state index is 12.0. The minimum Gasteiger partial charge on any atom is -0.393 e. The molecule has 1 amide bonds. The molecule has 1 fully saturated rings. The van der Waals surface area contributed by atoms with Crippen LogP contribution in [0.25, 0.3) is 0 Å². The molecule has 0 spiro atoms. The van der Waals surface area contributed by atoms with E-state index < -0.39 is 11.7 Å². The van der Waals surface area contributed by atoms with Crippen LogP contribution in [0.4, 0.5) is 4.79 Å². The van der Waals surface area contributed by atoms with Gasteiger partial charge in [0.1, 0.15) is 10.8 Å². The van der Waals surface area contributed by atoms with Gasteiger partial charge in [-0.05, 0) is 43.5 Å². The van der Waals surface area contributed by atoms with Crippen molar-refractivity contribution in [1.82, 2.24) is 10.3 Å². The summed E-state index contributed by atoms with van der Waals surface area (Å²) in [6, 6.07) is 10.1. The number of carbonyl (C=O) groups is 1. The van der Waals surface area contributed by atoms with Crippen molar-refractivity contribution in [1.29, 1.82) is 0 Å². The van der Waals surface area contributed by atoms with Crippen LogP contribution in [0.5, 0.6) is 5.88 Å². The van der Waals surface area contributed by atoms with E-state index >= 15 is 0 Å². The number of amides is 1. The molecule has 1 aromatic carbocycles. The van der Waals surface area contributed by atoms with Crippen LogP contribution in [0.2, 0.25) is 10.2 Å². The van der Waals surface area contributed by atoms with Crippen LogP contribution < -0.4 is 10.1 Å². The van der Waals surface area contributed by atoms with E-state index in [0.29, 0.717) is 23.0 Å².